The van der Waals surface area contributed by atoms with Crippen LogP contribution in [0.2, 0.25) is 0 Å². The monoisotopic (exact) mass is 247 g/mol. The van der Waals surface area contributed by atoms with E-state index in [4.69, 9.17) is 5.73 Å². The second-order valence-electron chi connectivity index (χ2n) is 4.97. The van der Waals surface area contributed by atoms with E-state index in [1.54, 1.807) is 18.3 Å². The normalized spacial score (nSPS) is 23.6. The molecule has 98 valence electrons. The Labute approximate surface area is 108 Å². The van der Waals surface area contributed by atoms with Crippen LogP contribution in [-0.2, 0) is 0 Å². The van der Waals surface area contributed by atoms with Gasteiger partial charge in [0, 0.05) is 12.2 Å². The molecule has 1 fully saturated rings. The van der Waals surface area contributed by atoms with Crippen LogP contribution in [0.3, 0.4) is 0 Å². The molecule has 4 nitrogen and oxygen atoms in total. The molecular formula is C14H21N3O. The van der Waals surface area contributed by atoms with Crippen molar-refractivity contribution in [1.82, 2.24) is 10.3 Å². The third-order valence-electron chi connectivity index (χ3n) is 3.83. The summed E-state index contributed by atoms with van der Waals surface area (Å²) >= 11 is 0. The first kappa shape index (κ1) is 12.9. The molecule has 1 aliphatic carbocycles. The number of nitrogens with one attached hydrogen (secondary N) is 1. The van der Waals surface area contributed by atoms with Crippen molar-refractivity contribution in [2.45, 2.75) is 45.1 Å². The maximum atomic E-state index is 12.2. The van der Waals surface area contributed by atoms with Gasteiger partial charge in [0.05, 0.1) is 5.56 Å². The molecule has 0 aromatic carbocycles. The van der Waals surface area contributed by atoms with E-state index in [1.165, 1.54) is 19.3 Å². The van der Waals surface area contributed by atoms with E-state index in [0.717, 1.165) is 12.8 Å². The molecule has 1 heterocycles. The van der Waals surface area contributed by atoms with Crippen LogP contribution in [0, 0.1) is 5.92 Å². The summed E-state index contributed by atoms with van der Waals surface area (Å²) in [6.45, 7) is 2.19. The summed E-state index contributed by atoms with van der Waals surface area (Å²) in [5.41, 5.74) is 6.21. The Bertz CT molecular complexity index is 419. The van der Waals surface area contributed by atoms with Crippen LogP contribution in [0.25, 0.3) is 0 Å². The number of nitrogens with two attached hydrogens (primary N) is 1. The highest BCUT2D eigenvalue weighted by molar-refractivity contribution is 5.98. The SMILES string of the molecule is CCC1CCCCC1NC(=O)c1cccnc1N. The molecule has 0 saturated heterocycles. The summed E-state index contributed by atoms with van der Waals surface area (Å²) in [4.78, 5) is 16.1. The van der Waals surface area contributed by atoms with Crippen LogP contribution in [0.5, 0.6) is 0 Å². The fourth-order valence-corrected chi connectivity index (χ4v) is 2.74. The molecule has 0 aliphatic heterocycles. The molecule has 2 unspecified atom stereocenters. The molecule has 4 heteroatoms. The summed E-state index contributed by atoms with van der Waals surface area (Å²) < 4.78 is 0. The Morgan fingerprint density at radius 2 is 2.28 bits per heavy atom. The molecule has 3 N–H and O–H groups in total. The van der Waals surface area contributed by atoms with Crippen molar-refractivity contribution in [2.75, 3.05) is 5.73 Å². The van der Waals surface area contributed by atoms with Crippen LogP contribution >= 0.6 is 0 Å². The first-order valence-corrected chi connectivity index (χ1v) is 6.73. The van der Waals surface area contributed by atoms with Gasteiger partial charge in [0.15, 0.2) is 0 Å². The average Bonchev–Trinajstić information content (AvgIpc) is 2.39. The molecule has 0 spiro atoms. The van der Waals surface area contributed by atoms with Gasteiger partial charge in [-0.1, -0.05) is 26.2 Å². The molecule has 2 atom stereocenters. The van der Waals surface area contributed by atoms with Crippen molar-refractivity contribution in [1.29, 1.82) is 0 Å². The Morgan fingerprint density at radius 3 is 3.00 bits per heavy atom. The molecule has 1 aromatic rings. The van der Waals surface area contributed by atoms with Gasteiger partial charge in [0.25, 0.3) is 5.91 Å². The Morgan fingerprint density at radius 1 is 1.50 bits per heavy atom. The van der Waals surface area contributed by atoms with Crippen LogP contribution < -0.4 is 11.1 Å². The standard InChI is InChI=1S/C14H21N3O/c1-2-10-6-3-4-8-12(10)17-14(18)11-7-5-9-16-13(11)15/h5,7,9-10,12H,2-4,6,8H2,1H3,(H2,15,16)(H,17,18). The van der Waals surface area contributed by atoms with Gasteiger partial charge in [-0.2, -0.15) is 0 Å². The number of anilines is 1. The van der Waals surface area contributed by atoms with Crippen LogP contribution in [-0.4, -0.2) is 16.9 Å². The number of carbonyl (C=O) groups is 1. The topological polar surface area (TPSA) is 68.0 Å². The Balaban J connectivity index is 2.04. The highest BCUT2D eigenvalue weighted by Gasteiger charge is 2.25. The quantitative estimate of drug-likeness (QED) is 0.861. The third kappa shape index (κ3) is 2.81. The van der Waals surface area contributed by atoms with Crippen molar-refractivity contribution in [3.8, 4) is 0 Å². The summed E-state index contributed by atoms with van der Waals surface area (Å²) in [7, 11) is 0. The predicted octanol–water partition coefficient (Wildman–Crippen LogP) is 2.36. The third-order valence-corrected chi connectivity index (χ3v) is 3.83. The van der Waals surface area contributed by atoms with E-state index in [2.05, 4.69) is 17.2 Å². The zero-order valence-electron chi connectivity index (χ0n) is 10.9. The van der Waals surface area contributed by atoms with E-state index >= 15 is 0 Å². The van der Waals surface area contributed by atoms with Gasteiger partial charge in [-0.25, -0.2) is 4.98 Å². The fraction of sp³-hybridized carbons (Fsp3) is 0.571. The molecule has 18 heavy (non-hydrogen) atoms. The van der Waals surface area contributed by atoms with E-state index < -0.39 is 0 Å². The lowest BCUT2D eigenvalue weighted by atomic mass is 9.83. The van der Waals surface area contributed by atoms with Gasteiger partial charge in [0.1, 0.15) is 5.82 Å². The van der Waals surface area contributed by atoms with Gasteiger partial charge in [-0.3, -0.25) is 4.79 Å². The van der Waals surface area contributed by atoms with Crippen LogP contribution in [0.15, 0.2) is 18.3 Å². The van der Waals surface area contributed by atoms with E-state index in [1.807, 2.05) is 0 Å². The van der Waals surface area contributed by atoms with Gasteiger partial charge < -0.3 is 11.1 Å². The minimum absolute atomic E-state index is 0.0917. The first-order valence-electron chi connectivity index (χ1n) is 6.73. The number of rotatable bonds is 3. The molecule has 1 amide bonds. The summed E-state index contributed by atoms with van der Waals surface area (Å²) in [6, 6.07) is 3.75. The van der Waals surface area contributed by atoms with E-state index in [-0.39, 0.29) is 11.9 Å². The van der Waals surface area contributed by atoms with Crippen LogP contribution in [0.4, 0.5) is 5.82 Å². The largest absolute Gasteiger partial charge is 0.383 e. The summed E-state index contributed by atoms with van der Waals surface area (Å²) in [5, 5.41) is 3.12. The molecule has 2 rings (SSSR count). The second kappa shape index (κ2) is 5.85. The molecular weight excluding hydrogens is 226 g/mol. The lowest BCUT2D eigenvalue weighted by Crippen LogP contribution is -2.42. The second-order valence-corrected chi connectivity index (χ2v) is 4.97. The Hall–Kier alpha value is -1.58. The van der Waals surface area contributed by atoms with E-state index in [9.17, 15) is 4.79 Å². The first-order chi connectivity index (χ1) is 8.72. The Kier molecular flexibility index (Phi) is 4.18. The van der Waals surface area contributed by atoms with Crippen molar-refractivity contribution in [2.24, 2.45) is 5.92 Å². The number of nitrogens with zero attached hydrogens (tertiary/aromatic N) is 1. The van der Waals surface area contributed by atoms with Crippen molar-refractivity contribution < 1.29 is 4.79 Å². The van der Waals surface area contributed by atoms with E-state index in [0.29, 0.717) is 17.3 Å². The number of amides is 1. The maximum absolute atomic E-state index is 12.2. The lowest BCUT2D eigenvalue weighted by Gasteiger charge is -2.31. The zero-order valence-corrected chi connectivity index (χ0v) is 10.9. The molecule has 1 aromatic heterocycles. The number of pyridine rings is 1. The van der Waals surface area contributed by atoms with Gasteiger partial charge in [-0.05, 0) is 30.9 Å². The highest BCUT2D eigenvalue weighted by Crippen LogP contribution is 2.27. The minimum Gasteiger partial charge on any atom is -0.383 e. The van der Waals surface area contributed by atoms with Gasteiger partial charge >= 0.3 is 0 Å². The fourth-order valence-electron chi connectivity index (χ4n) is 2.74. The summed E-state index contributed by atoms with van der Waals surface area (Å²) in [6.07, 6.45) is 7.48. The average molecular weight is 247 g/mol. The molecule has 1 saturated carbocycles. The number of hydrogen-bond donors (Lipinski definition) is 2. The number of carbonyl (C=O) groups excluding carboxylic acids is 1. The molecule has 0 radical (unpaired) electrons. The molecule has 1 aliphatic rings. The number of aromatic nitrogens is 1. The van der Waals surface area contributed by atoms with Crippen molar-refractivity contribution in [3.63, 3.8) is 0 Å². The zero-order chi connectivity index (χ0) is 13.0. The van der Waals surface area contributed by atoms with Crippen LogP contribution in [0.1, 0.15) is 49.4 Å². The van der Waals surface area contributed by atoms with Gasteiger partial charge in [0.2, 0.25) is 0 Å². The van der Waals surface area contributed by atoms with Crippen molar-refractivity contribution in [3.05, 3.63) is 23.9 Å². The summed E-state index contributed by atoms with van der Waals surface area (Å²) in [5.74, 6) is 0.811. The number of hydrogen-bond acceptors (Lipinski definition) is 3. The predicted molar refractivity (Wildman–Crippen MR) is 72.2 cm³/mol. The maximum Gasteiger partial charge on any atom is 0.255 e. The molecule has 0 bridgehead atoms. The van der Waals surface area contributed by atoms with Gasteiger partial charge in [-0.15, -0.1) is 0 Å². The highest BCUT2D eigenvalue weighted by atomic mass is 16.1. The van der Waals surface area contributed by atoms with Crippen molar-refractivity contribution >= 4 is 11.7 Å². The lowest BCUT2D eigenvalue weighted by molar-refractivity contribution is 0.0905. The number of nitrogen functional groups attached to an aromatic ring is 1. The minimum atomic E-state index is -0.0917. The smallest absolute Gasteiger partial charge is 0.255 e.